The third-order valence-electron chi connectivity index (χ3n) is 6.75. The molecule has 166 valence electrons. The summed E-state index contributed by atoms with van der Waals surface area (Å²) in [6, 6.07) is 15.9. The first-order chi connectivity index (χ1) is 15.5. The van der Waals surface area contributed by atoms with Crippen molar-refractivity contribution in [3.05, 3.63) is 95.3 Å². The summed E-state index contributed by atoms with van der Waals surface area (Å²) in [6.07, 6.45) is 9.05. The van der Waals surface area contributed by atoms with E-state index in [4.69, 9.17) is 0 Å². The van der Waals surface area contributed by atoms with Crippen LogP contribution < -0.4 is 0 Å². The summed E-state index contributed by atoms with van der Waals surface area (Å²) in [4.78, 5) is 0. The molecular weight excluding hydrogens is 405 g/mol. The molecule has 0 aromatic heterocycles. The molecule has 32 heavy (non-hydrogen) atoms. The van der Waals surface area contributed by atoms with Crippen LogP contribution in [-0.4, -0.2) is 0 Å². The number of allylic oxidation sites excluding steroid dienone is 2. The molecule has 3 heteroatoms. The maximum absolute atomic E-state index is 15.0. The lowest BCUT2D eigenvalue weighted by molar-refractivity contribution is 0.368. The SMILES string of the molecule is C/C=C/C1CCC(c2ccc(-c3ccc(-c4ccc(CC)c(F)c4F)cc3)cc2F)CC1. The predicted octanol–water partition coefficient (Wildman–Crippen LogP) is 8.85. The van der Waals surface area contributed by atoms with E-state index in [0.29, 0.717) is 23.5 Å². The van der Waals surface area contributed by atoms with E-state index in [1.165, 1.54) is 0 Å². The van der Waals surface area contributed by atoms with E-state index in [9.17, 15) is 13.2 Å². The van der Waals surface area contributed by atoms with Crippen molar-refractivity contribution < 1.29 is 13.2 Å². The number of halogens is 3. The Morgan fingerprint density at radius 3 is 2.06 bits per heavy atom. The Morgan fingerprint density at radius 2 is 1.44 bits per heavy atom. The highest BCUT2D eigenvalue weighted by Gasteiger charge is 2.23. The Bertz CT molecular complexity index is 1100. The third-order valence-corrected chi connectivity index (χ3v) is 6.75. The largest absolute Gasteiger partial charge is 0.207 e. The van der Waals surface area contributed by atoms with Gasteiger partial charge in [0.25, 0.3) is 0 Å². The second-order valence-electron chi connectivity index (χ2n) is 8.70. The molecule has 0 heterocycles. The van der Waals surface area contributed by atoms with E-state index in [1.54, 1.807) is 37.3 Å². The van der Waals surface area contributed by atoms with Crippen LogP contribution >= 0.6 is 0 Å². The zero-order chi connectivity index (χ0) is 22.7. The van der Waals surface area contributed by atoms with Crippen molar-refractivity contribution in [3.8, 4) is 22.3 Å². The molecule has 0 unspecified atom stereocenters. The van der Waals surface area contributed by atoms with Crippen molar-refractivity contribution in [3.63, 3.8) is 0 Å². The van der Waals surface area contributed by atoms with Gasteiger partial charge < -0.3 is 0 Å². The van der Waals surface area contributed by atoms with Gasteiger partial charge in [0.15, 0.2) is 11.6 Å². The molecule has 0 amide bonds. The highest BCUT2D eigenvalue weighted by atomic mass is 19.2. The summed E-state index contributed by atoms with van der Waals surface area (Å²) < 4.78 is 43.6. The lowest BCUT2D eigenvalue weighted by Gasteiger charge is -2.27. The molecule has 4 rings (SSSR count). The van der Waals surface area contributed by atoms with Crippen LogP contribution in [0.1, 0.15) is 56.6 Å². The van der Waals surface area contributed by atoms with Crippen LogP contribution in [0.15, 0.2) is 66.7 Å². The van der Waals surface area contributed by atoms with Gasteiger partial charge in [0.05, 0.1) is 0 Å². The molecule has 1 fully saturated rings. The Hall–Kier alpha value is -2.81. The molecule has 1 aliphatic rings. The molecule has 0 aliphatic heterocycles. The molecule has 3 aromatic carbocycles. The van der Waals surface area contributed by atoms with Gasteiger partial charge >= 0.3 is 0 Å². The molecule has 0 radical (unpaired) electrons. The summed E-state index contributed by atoms with van der Waals surface area (Å²) in [6.45, 7) is 3.85. The van der Waals surface area contributed by atoms with Crippen LogP contribution in [0.25, 0.3) is 22.3 Å². The average Bonchev–Trinajstić information content (AvgIpc) is 2.82. The fourth-order valence-corrected chi connectivity index (χ4v) is 4.86. The van der Waals surface area contributed by atoms with Crippen LogP contribution in [0.5, 0.6) is 0 Å². The van der Waals surface area contributed by atoms with Crippen LogP contribution in [0, 0.1) is 23.4 Å². The first-order valence-electron chi connectivity index (χ1n) is 11.5. The predicted molar refractivity (Wildman–Crippen MR) is 126 cm³/mol. The van der Waals surface area contributed by atoms with Crippen molar-refractivity contribution in [1.29, 1.82) is 0 Å². The van der Waals surface area contributed by atoms with Crippen LogP contribution in [0.2, 0.25) is 0 Å². The fraction of sp³-hybridized carbons (Fsp3) is 0.310. The second-order valence-corrected chi connectivity index (χ2v) is 8.70. The molecule has 3 aromatic rings. The molecule has 0 bridgehead atoms. The van der Waals surface area contributed by atoms with Gasteiger partial charge in [-0.2, -0.15) is 0 Å². The van der Waals surface area contributed by atoms with E-state index in [2.05, 4.69) is 12.2 Å². The summed E-state index contributed by atoms with van der Waals surface area (Å²) >= 11 is 0. The lowest BCUT2D eigenvalue weighted by Crippen LogP contribution is -2.12. The topological polar surface area (TPSA) is 0 Å². The zero-order valence-electron chi connectivity index (χ0n) is 18.7. The quantitative estimate of drug-likeness (QED) is 0.352. The van der Waals surface area contributed by atoms with Gasteiger partial charge in [-0.05, 0) is 84.7 Å². The highest BCUT2D eigenvalue weighted by Crippen LogP contribution is 2.38. The third kappa shape index (κ3) is 4.53. The summed E-state index contributed by atoms with van der Waals surface area (Å²) in [7, 11) is 0. The Morgan fingerprint density at radius 1 is 0.781 bits per heavy atom. The fourth-order valence-electron chi connectivity index (χ4n) is 4.86. The zero-order valence-corrected chi connectivity index (χ0v) is 18.7. The van der Waals surface area contributed by atoms with Crippen LogP contribution in [0.4, 0.5) is 13.2 Å². The van der Waals surface area contributed by atoms with E-state index in [1.807, 2.05) is 31.2 Å². The monoisotopic (exact) mass is 434 g/mol. The normalized spacial score (nSPS) is 18.9. The molecule has 0 nitrogen and oxygen atoms in total. The van der Waals surface area contributed by atoms with Crippen molar-refractivity contribution in [2.75, 3.05) is 0 Å². The molecule has 0 atom stereocenters. The molecule has 0 saturated heterocycles. The molecular formula is C29H29F3. The van der Waals surface area contributed by atoms with Crippen molar-refractivity contribution >= 4 is 0 Å². The van der Waals surface area contributed by atoms with Gasteiger partial charge in [-0.25, -0.2) is 13.2 Å². The Balaban J connectivity index is 1.53. The minimum Gasteiger partial charge on any atom is -0.207 e. The maximum atomic E-state index is 15.0. The van der Waals surface area contributed by atoms with Gasteiger partial charge in [0, 0.05) is 5.56 Å². The van der Waals surface area contributed by atoms with Crippen LogP contribution in [0.3, 0.4) is 0 Å². The Kier molecular flexibility index (Phi) is 6.83. The smallest absolute Gasteiger partial charge is 0.166 e. The average molecular weight is 435 g/mol. The number of benzene rings is 3. The summed E-state index contributed by atoms with van der Waals surface area (Å²) in [5, 5.41) is 0. The number of hydrogen-bond acceptors (Lipinski definition) is 0. The van der Waals surface area contributed by atoms with Gasteiger partial charge in [-0.3, -0.25) is 0 Å². The summed E-state index contributed by atoms with van der Waals surface area (Å²) in [5.74, 6) is -0.877. The summed E-state index contributed by atoms with van der Waals surface area (Å²) in [5.41, 5.74) is 3.64. The number of hydrogen-bond donors (Lipinski definition) is 0. The van der Waals surface area contributed by atoms with E-state index >= 15 is 0 Å². The first-order valence-corrected chi connectivity index (χ1v) is 11.5. The lowest BCUT2D eigenvalue weighted by atomic mass is 9.78. The molecule has 0 N–H and O–H groups in total. The maximum Gasteiger partial charge on any atom is 0.166 e. The first kappa shape index (κ1) is 22.4. The van der Waals surface area contributed by atoms with Gasteiger partial charge in [-0.15, -0.1) is 0 Å². The number of aryl methyl sites for hydroxylation is 1. The van der Waals surface area contributed by atoms with Gasteiger partial charge in [0.2, 0.25) is 0 Å². The van der Waals surface area contributed by atoms with E-state index in [0.717, 1.165) is 42.4 Å². The Labute approximate surface area is 188 Å². The van der Waals surface area contributed by atoms with Crippen molar-refractivity contribution in [2.24, 2.45) is 5.92 Å². The van der Waals surface area contributed by atoms with Gasteiger partial charge in [-0.1, -0.05) is 67.6 Å². The van der Waals surface area contributed by atoms with E-state index < -0.39 is 11.6 Å². The minimum atomic E-state index is -0.823. The van der Waals surface area contributed by atoms with Crippen molar-refractivity contribution in [2.45, 2.75) is 51.9 Å². The van der Waals surface area contributed by atoms with Crippen molar-refractivity contribution in [1.82, 2.24) is 0 Å². The second kappa shape index (κ2) is 9.77. The molecule has 1 aliphatic carbocycles. The standard InChI is InChI=1S/C29H29F3/c1-3-5-19-6-8-22(9-7-19)25-16-15-24(18-27(25)30)21-10-12-23(13-11-21)26-17-14-20(4-2)28(31)29(26)32/h3,5,10-19,22H,4,6-9H2,1-2H3/b5-3+. The molecule has 1 saturated carbocycles. The molecule has 0 spiro atoms. The van der Waals surface area contributed by atoms with Gasteiger partial charge in [0.1, 0.15) is 5.82 Å². The highest BCUT2D eigenvalue weighted by molar-refractivity contribution is 5.71. The number of rotatable bonds is 5. The minimum absolute atomic E-state index is 0.163. The van der Waals surface area contributed by atoms with Crippen LogP contribution in [-0.2, 0) is 6.42 Å². The van der Waals surface area contributed by atoms with E-state index in [-0.39, 0.29) is 17.3 Å².